The van der Waals surface area contributed by atoms with Crippen molar-refractivity contribution in [2.24, 2.45) is 11.8 Å². The Labute approximate surface area is 139 Å². The van der Waals surface area contributed by atoms with E-state index >= 15 is 0 Å². The van der Waals surface area contributed by atoms with Gasteiger partial charge in [-0.25, -0.2) is 0 Å². The van der Waals surface area contributed by atoms with Gasteiger partial charge in [0.15, 0.2) is 0 Å². The number of nitrogens with zero attached hydrogens (tertiary/aromatic N) is 4. The predicted octanol–water partition coefficient (Wildman–Crippen LogP) is 2.22. The topological polar surface area (TPSA) is 85.3 Å². The van der Waals surface area contributed by atoms with E-state index in [0.29, 0.717) is 0 Å². The van der Waals surface area contributed by atoms with Crippen LogP contribution in [0.1, 0.15) is 27.7 Å². The SMILES string of the molecule is CC(C)C(=O)N(CCOc1nc(Cl)nc(Cl)n1)C(=O)C(C)C. The summed E-state index contributed by atoms with van der Waals surface area (Å²) in [6.45, 7) is 7.05. The molecule has 0 atom stereocenters. The van der Waals surface area contributed by atoms with Crippen LogP contribution >= 0.6 is 23.2 Å². The Morgan fingerprint density at radius 2 is 1.45 bits per heavy atom. The van der Waals surface area contributed by atoms with E-state index < -0.39 is 0 Å². The number of ether oxygens (including phenoxy) is 1. The summed E-state index contributed by atoms with van der Waals surface area (Å²) in [6, 6.07) is -0.0565. The summed E-state index contributed by atoms with van der Waals surface area (Å²) < 4.78 is 5.28. The summed E-state index contributed by atoms with van der Waals surface area (Å²) in [6.07, 6.45) is 0. The molecule has 0 saturated heterocycles. The number of carbonyl (C=O) groups is 2. The first-order valence-electron chi connectivity index (χ1n) is 6.77. The van der Waals surface area contributed by atoms with E-state index in [9.17, 15) is 9.59 Å². The van der Waals surface area contributed by atoms with Crippen LogP contribution in [0.4, 0.5) is 0 Å². The van der Waals surface area contributed by atoms with Crippen molar-refractivity contribution >= 4 is 35.0 Å². The van der Waals surface area contributed by atoms with Crippen molar-refractivity contribution in [2.45, 2.75) is 27.7 Å². The maximum absolute atomic E-state index is 12.1. The van der Waals surface area contributed by atoms with Crippen LogP contribution in [0.25, 0.3) is 0 Å². The minimum absolute atomic E-state index is 0.0353. The van der Waals surface area contributed by atoms with Gasteiger partial charge in [-0.15, -0.1) is 0 Å². The summed E-state index contributed by atoms with van der Waals surface area (Å²) in [5.74, 6) is -1.09. The third-order valence-electron chi connectivity index (χ3n) is 2.63. The van der Waals surface area contributed by atoms with Crippen molar-refractivity contribution < 1.29 is 14.3 Å². The van der Waals surface area contributed by atoms with Crippen LogP contribution in [0.3, 0.4) is 0 Å². The summed E-state index contributed by atoms with van der Waals surface area (Å²) in [5, 5.41) is -0.188. The average Bonchev–Trinajstić information content (AvgIpc) is 2.41. The molecule has 0 aliphatic heterocycles. The van der Waals surface area contributed by atoms with E-state index in [-0.39, 0.29) is 53.4 Å². The lowest BCUT2D eigenvalue weighted by Crippen LogP contribution is -2.44. The molecule has 0 aromatic carbocycles. The number of halogens is 2. The Balaban J connectivity index is 2.71. The molecule has 0 N–H and O–H groups in total. The molecular weight excluding hydrogens is 331 g/mol. The molecular formula is C13H18Cl2N4O3. The zero-order chi connectivity index (χ0) is 16.9. The highest BCUT2D eigenvalue weighted by molar-refractivity contribution is 6.31. The number of imide groups is 1. The molecule has 1 aromatic heterocycles. The molecule has 0 unspecified atom stereocenters. The molecule has 22 heavy (non-hydrogen) atoms. The molecule has 0 spiro atoms. The predicted molar refractivity (Wildman–Crippen MR) is 81.7 cm³/mol. The van der Waals surface area contributed by atoms with Gasteiger partial charge < -0.3 is 4.74 Å². The van der Waals surface area contributed by atoms with Crippen LogP contribution in [-0.4, -0.2) is 44.8 Å². The lowest BCUT2D eigenvalue weighted by Gasteiger charge is -2.24. The fourth-order valence-electron chi connectivity index (χ4n) is 1.55. The maximum Gasteiger partial charge on any atom is 0.322 e. The van der Waals surface area contributed by atoms with Gasteiger partial charge in [0.25, 0.3) is 0 Å². The monoisotopic (exact) mass is 348 g/mol. The van der Waals surface area contributed by atoms with Crippen LogP contribution in [0, 0.1) is 11.8 Å². The van der Waals surface area contributed by atoms with Crippen molar-refractivity contribution in [3.8, 4) is 6.01 Å². The molecule has 0 fully saturated rings. The van der Waals surface area contributed by atoms with Crippen molar-refractivity contribution in [2.75, 3.05) is 13.2 Å². The van der Waals surface area contributed by atoms with Crippen molar-refractivity contribution in [3.05, 3.63) is 10.6 Å². The van der Waals surface area contributed by atoms with E-state index in [4.69, 9.17) is 27.9 Å². The minimum Gasteiger partial charge on any atom is -0.461 e. The van der Waals surface area contributed by atoms with Gasteiger partial charge in [-0.05, 0) is 23.2 Å². The second-order valence-corrected chi connectivity index (χ2v) is 5.82. The van der Waals surface area contributed by atoms with Gasteiger partial charge in [-0.2, -0.15) is 15.0 Å². The maximum atomic E-state index is 12.1. The smallest absolute Gasteiger partial charge is 0.322 e. The molecule has 1 aromatic rings. The fourth-order valence-corrected chi connectivity index (χ4v) is 1.90. The van der Waals surface area contributed by atoms with Gasteiger partial charge in [0.1, 0.15) is 6.61 Å². The quantitative estimate of drug-likeness (QED) is 0.783. The molecule has 1 heterocycles. The molecule has 0 saturated carbocycles. The van der Waals surface area contributed by atoms with Crippen LogP contribution in [0.5, 0.6) is 6.01 Å². The van der Waals surface area contributed by atoms with Gasteiger partial charge in [-0.1, -0.05) is 27.7 Å². The van der Waals surface area contributed by atoms with E-state index in [1.54, 1.807) is 27.7 Å². The zero-order valence-electron chi connectivity index (χ0n) is 12.8. The molecule has 1 rings (SSSR count). The van der Waals surface area contributed by atoms with E-state index in [1.807, 2.05) is 0 Å². The number of hydrogen-bond donors (Lipinski definition) is 0. The largest absolute Gasteiger partial charge is 0.461 e. The first kappa shape index (κ1) is 18.6. The lowest BCUT2D eigenvalue weighted by molar-refractivity contribution is -0.149. The number of carbonyl (C=O) groups excluding carboxylic acids is 2. The zero-order valence-corrected chi connectivity index (χ0v) is 14.4. The Hall–Kier alpha value is -1.47. The van der Waals surface area contributed by atoms with Crippen LogP contribution in [0.15, 0.2) is 0 Å². The van der Waals surface area contributed by atoms with E-state index in [1.165, 1.54) is 4.90 Å². The molecule has 122 valence electrons. The highest BCUT2D eigenvalue weighted by atomic mass is 35.5. The Morgan fingerprint density at radius 1 is 1.00 bits per heavy atom. The lowest BCUT2D eigenvalue weighted by atomic mass is 10.1. The summed E-state index contributed by atoms with van der Waals surface area (Å²) in [7, 11) is 0. The summed E-state index contributed by atoms with van der Waals surface area (Å²) in [5.41, 5.74) is 0. The molecule has 0 aliphatic carbocycles. The standard InChI is InChI=1S/C13H18Cl2N4O3/c1-7(2)9(20)19(10(21)8(3)4)5-6-22-13-17-11(14)16-12(15)18-13/h7-8H,5-6H2,1-4H3. The van der Waals surface area contributed by atoms with Gasteiger partial charge in [0.05, 0.1) is 6.54 Å². The Morgan fingerprint density at radius 3 is 1.86 bits per heavy atom. The van der Waals surface area contributed by atoms with E-state index in [2.05, 4.69) is 15.0 Å². The molecule has 0 radical (unpaired) electrons. The summed E-state index contributed by atoms with van der Waals surface area (Å²) in [4.78, 5) is 36.5. The first-order valence-corrected chi connectivity index (χ1v) is 7.53. The Kier molecular flexibility index (Phi) is 6.96. The van der Waals surface area contributed by atoms with Crippen molar-refractivity contribution in [3.63, 3.8) is 0 Å². The van der Waals surface area contributed by atoms with Gasteiger partial charge in [0, 0.05) is 11.8 Å². The number of rotatable bonds is 6. The third kappa shape index (κ3) is 5.38. The number of aromatic nitrogens is 3. The van der Waals surface area contributed by atoms with Gasteiger partial charge in [-0.3, -0.25) is 14.5 Å². The molecule has 0 bridgehead atoms. The second-order valence-electron chi connectivity index (χ2n) is 5.14. The number of amides is 2. The molecule has 9 heteroatoms. The fraction of sp³-hybridized carbons (Fsp3) is 0.615. The summed E-state index contributed by atoms with van der Waals surface area (Å²) >= 11 is 11.3. The Bertz CT molecular complexity index is 512. The van der Waals surface area contributed by atoms with E-state index in [0.717, 1.165) is 0 Å². The number of hydrogen-bond acceptors (Lipinski definition) is 6. The van der Waals surface area contributed by atoms with Crippen LogP contribution < -0.4 is 4.74 Å². The molecule has 7 nitrogen and oxygen atoms in total. The first-order chi connectivity index (χ1) is 10.2. The minimum atomic E-state index is -0.288. The van der Waals surface area contributed by atoms with Crippen LogP contribution in [0.2, 0.25) is 10.6 Å². The van der Waals surface area contributed by atoms with Crippen molar-refractivity contribution in [1.29, 1.82) is 0 Å². The normalized spacial score (nSPS) is 10.9. The average molecular weight is 349 g/mol. The second kappa shape index (κ2) is 8.24. The third-order valence-corrected chi connectivity index (χ3v) is 2.96. The van der Waals surface area contributed by atoms with Crippen LogP contribution in [-0.2, 0) is 9.59 Å². The molecule has 2 amide bonds. The highest BCUT2D eigenvalue weighted by Gasteiger charge is 2.25. The van der Waals surface area contributed by atoms with Gasteiger partial charge >= 0.3 is 6.01 Å². The highest BCUT2D eigenvalue weighted by Crippen LogP contribution is 2.12. The van der Waals surface area contributed by atoms with Gasteiger partial charge in [0.2, 0.25) is 22.4 Å². The molecule has 0 aliphatic rings. The van der Waals surface area contributed by atoms with Crippen molar-refractivity contribution in [1.82, 2.24) is 19.9 Å².